The van der Waals surface area contributed by atoms with Crippen LogP contribution >= 0.6 is 11.6 Å². The van der Waals surface area contributed by atoms with Gasteiger partial charge in [-0.25, -0.2) is 9.38 Å². The second-order valence-corrected chi connectivity index (χ2v) is 8.72. The minimum absolute atomic E-state index is 0.0330. The minimum Gasteiger partial charge on any atom is -0.469 e. The first kappa shape index (κ1) is 25.9. The fourth-order valence-corrected chi connectivity index (χ4v) is 3.95. The van der Waals surface area contributed by atoms with E-state index >= 15 is 0 Å². The maximum Gasteiger partial charge on any atom is 0.307 e. The third-order valence-corrected chi connectivity index (χ3v) is 5.84. The van der Waals surface area contributed by atoms with E-state index in [0.29, 0.717) is 33.1 Å². The van der Waals surface area contributed by atoms with Crippen LogP contribution in [0.4, 0.5) is 10.1 Å². The number of ether oxygens (including phenoxy) is 1. The van der Waals surface area contributed by atoms with Crippen molar-refractivity contribution in [3.05, 3.63) is 58.7 Å². The Morgan fingerprint density at radius 3 is 2.84 bits per heavy atom. The fraction of sp³-hybridized carbons (Fsp3) is 0.292. The van der Waals surface area contributed by atoms with Crippen LogP contribution < -0.4 is 21.3 Å². The second kappa shape index (κ2) is 11.7. The van der Waals surface area contributed by atoms with Gasteiger partial charge in [0, 0.05) is 16.0 Å². The van der Waals surface area contributed by atoms with Crippen molar-refractivity contribution in [1.29, 1.82) is 0 Å². The normalized spacial score (nSPS) is 15.8. The number of alkyl halides is 1. The number of amides is 2. The third kappa shape index (κ3) is 6.73. The lowest BCUT2D eigenvalue weighted by Crippen LogP contribution is -2.41. The van der Waals surface area contributed by atoms with Gasteiger partial charge in [0.25, 0.3) is 5.91 Å². The van der Waals surface area contributed by atoms with E-state index in [-0.39, 0.29) is 31.6 Å². The molecule has 0 radical (unpaired) electrons. The van der Waals surface area contributed by atoms with Crippen LogP contribution in [0.15, 0.2) is 47.6 Å². The van der Waals surface area contributed by atoms with Gasteiger partial charge in [0.2, 0.25) is 5.91 Å². The molecule has 194 valence electrons. The summed E-state index contributed by atoms with van der Waals surface area (Å²) < 4.78 is 18.1. The highest BCUT2D eigenvalue weighted by atomic mass is 35.5. The van der Waals surface area contributed by atoms with Crippen LogP contribution in [0.5, 0.6) is 0 Å². The van der Waals surface area contributed by atoms with E-state index in [1.54, 1.807) is 42.6 Å². The van der Waals surface area contributed by atoms with Crippen molar-refractivity contribution in [2.45, 2.75) is 18.6 Å². The van der Waals surface area contributed by atoms with Crippen LogP contribution in [-0.2, 0) is 14.3 Å². The molecule has 5 N–H and O–H groups in total. The molecule has 0 spiro atoms. The molecular weight excluding hydrogens is 505 g/mol. The molecule has 1 aliphatic heterocycles. The van der Waals surface area contributed by atoms with Crippen LogP contribution in [0.3, 0.4) is 0 Å². The average molecular weight is 530 g/mol. The average Bonchev–Trinajstić information content (AvgIpc) is 3.37. The highest BCUT2D eigenvalue weighted by molar-refractivity contribution is 6.30. The van der Waals surface area contributed by atoms with Gasteiger partial charge in [0.1, 0.15) is 6.17 Å². The van der Waals surface area contributed by atoms with E-state index in [4.69, 9.17) is 16.3 Å². The molecule has 0 bridgehead atoms. The zero-order chi connectivity index (χ0) is 26.4. The summed E-state index contributed by atoms with van der Waals surface area (Å²) in [6.07, 6.45) is 0.419. The first-order valence-corrected chi connectivity index (χ1v) is 11.8. The van der Waals surface area contributed by atoms with E-state index in [9.17, 15) is 18.8 Å². The van der Waals surface area contributed by atoms with Gasteiger partial charge in [-0.2, -0.15) is 5.10 Å². The second-order valence-electron chi connectivity index (χ2n) is 8.29. The number of halogens is 2. The molecule has 1 aromatic heterocycles. The molecule has 2 atom stereocenters. The summed E-state index contributed by atoms with van der Waals surface area (Å²) >= 11 is 6.05. The predicted octanol–water partition coefficient (Wildman–Crippen LogP) is 2.08. The monoisotopic (exact) mass is 529 g/mol. The number of H-pyrrole nitrogens is 1. The number of nitrogens with one attached hydrogen (secondary N) is 5. The number of hydrogen-bond acceptors (Lipinski definition) is 8. The summed E-state index contributed by atoms with van der Waals surface area (Å²) in [6.45, 7) is -0.180. The Kier molecular flexibility index (Phi) is 8.18. The minimum atomic E-state index is -1.06. The summed E-state index contributed by atoms with van der Waals surface area (Å²) in [5, 5.41) is 19.2. The molecule has 11 nitrogen and oxygen atoms in total. The number of benzene rings is 2. The number of guanidine groups is 1. The molecule has 0 saturated heterocycles. The number of fused-ring (bicyclic) bond motifs is 1. The summed E-state index contributed by atoms with van der Waals surface area (Å²) in [5.74, 6) is -1.15. The maximum atomic E-state index is 13.4. The number of methoxy groups -OCH3 is 1. The molecular formula is C24H25ClFN7O4. The van der Waals surface area contributed by atoms with Crippen LogP contribution in [0.25, 0.3) is 10.9 Å². The molecule has 3 aromatic rings. The number of anilines is 1. The van der Waals surface area contributed by atoms with E-state index in [0.717, 1.165) is 0 Å². The van der Waals surface area contributed by atoms with E-state index < -0.39 is 30.0 Å². The molecule has 1 unspecified atom stereocenters. The van der Waals surface area contributed by atoms with Crippen LogP contribution in [0.1, 0.15) is 28.4 Å². The molecule has 13 heteroatoms. The molecule has 4 rings (SSSR count). The summed E-state index contributed by atoms with van der Waals surface area (Å²) in [5.41, 5.74) is 1.99. The topological polar surface area (TPSA) is 150 Å². The Labute approximate surface area is 216 Å². The van der Waals surface area contributed by atoms with Gasteiger partial charge in [-0.05, 0) is 29.8 Å². The van der Waals surface area contributed by atoms with Crippen molar-refractivity contribution in [1.82, 2.24) is 26.1 Å². The van der Waals surface area contributed by atoms with Crippen LogP contribution in [-0.4, -0.2) is 66.9 Å². The third-order valence-electron chi connectivity index (χ3n) is 5.61. The number of hydrogen-bond donors (Lipinski definition) is 5. The zero-order valence-electron chi connectivity index (χ0n) is 19.8. The van der Waals surface area contributed by atoms with Gasteiger partial charge < -0.3 is 26.0 Å². The van der Waals surface area contributed by atoms with Gasteiger partial charge in [0.15, 0.2) is 5.96 Å². The summed E-state index contributed by atoms with van der Waals surface area (Å²) in [6, 6.07) is 9.24. The number of esters is 1. The smallest absolute Gasteiger partial charge is 0.307 e. The van der Waals surface area contributed by atoms with Crippen molar-refractivity contribution in [3.63, 3.8) is 0 Å². The number of aromatic amines is 1. The van der Waals surface area contributed by atoms with Crippen LogP contribution in [0.2, 0.25) is 5.02 Å². The quantitative estimate of drug-likeness (QED) is 0.280. The number of aromatic nitrogens is 2. The largest absolute Gasteiger partial charge is 0.469 e. The lowest BCUT2D eigenvalue weighted by Gasteiger charge is -2.19. The molecule has 2 amide bonds. The van der Waals surface area contributed by atoms with E-state index in [1.807, 2.05) is 0 Å². The van der Waals surface area contributed by atoms with E-state index in [2.05, 4.69) is 36.5 Å². The number of rotatable bonds is 8. The Balaban J connectivity index is 1.43. The molecule has 0 saturated carbocycles. The number of nitrogens with zero attached hydrogens (tertiary/aromatic N) is 2. The fourth-order valence-electron chi connectivity index (χ4n) is 3.75. The van der Waals surface area contributed by atoms with Crippen LogP contribution in [0, 0.1) is 0 Å². The predicted molar refractivity (Wildman–Crippen MR) is 136 cm³/mol. The lowest BCUT2D eigenvalue weighted by molar-refractivity contribution is -0.141. The summed E-state index contributed by atoms with van der Waals surface area (Å²) in [7, 11) is 1.26. The number of carbonyl (C=O) groups is 3. The van der Waals surface area contributed by atoms with Gasteiger partial charge in [0.05, 0.1) is 56.6 Å². The Morgan fingerprint density at radius 2 is 2.11 bits per heavy atom. The first-order valence-electron chi connectivity index (χ1n) is 11.4. The summed E-state index contributed by atoms with van der Waals surface area (Å²) in [4.78, 5) is 41.5. The molecule has 1 aliphatic rings. The Hall–Kier alpha value is -4.19. The van der Waals surface area contributed by atoms with Gasteiger partial charge in [-0.15, -0.1) is 0 Å². The molecule has 2 heterocycles. The zero-order valence-corrected chi connectivity index (χ0v) is 20.6. The molecule has 0 fully saturated rings. The standard InChI is InChI=1S/C24H25ClFN7O4/c1-37-22(35)8-18(13-3-2-4-15(25)5-13)31-21(34)12-27-23(36)14-6-19(17-11-30-33-20(17)7-14)32-24-28-9-16(26)10-29-24/h2-7,11,16,18H,8-10,12H2,1H3,(H,27,36)(H,30,33)(H,31,34)(H2,28,29,32)/t18-/m0/s1. The van der Waals surface area contributed by atoms with E-state index in [1.165, 1.54) is 7.11 Å². The van der Waals surface area contributed by atoms with Crippen molar-refractivity contribution >= 4 is 51.9 Å². The van der Waals surface area contributed by atoms with Crippen molar-refractivity contribution in [2.24, 2.45) is 4.99 Å². The number of carbonyl (C=O) groups excluding carboxylic acids is 3. The molecule has 0 aliphatic carbocycles. The van der Waals surface area contributed by atoms with Crippen molar-refractivity contribution in [2.75, 3.05) is 32.1 Å². The SMILES string of the molecule is COC(=O)C[C@H](NC(=O)CNC(=O)c1cc(NC2=NCC(F)CN2)c2cn[nH]c2c1)c1cccc(Cl)c1. The highest BCUT2D eigenvalue weighted by Gasteiger charge is 2.21. The Morgan fingerprint density at radius 1 is 1.27 bits per heavy atom. The van der Waals surface area contributed by atoms with Gasteiger partial charge in [-0.3, -0.25) is 19.5 Å². The number of aliphatic imine (C=N–C) groups is 1. The van der Waals surface area contributed by atoms with Crippen molar-refractivity contribution in [3.8, 4) is 0 Å². The molecule has 37 heavy (non-hydrogen) atoms. The molecule has 2 aromatic carbocycles. The van der Waals surface area contributed by atoms with Crippen molar-refractivity contribution < 1.29 is 23.5 Å². The van der Waals surface area contributed by atoms with Gasteiger partial charge >= 0.3 is 5.97 Å². The Bertz CT molecular complexity index is 1350. The lowest BCUT2D eigenvalue weighted by atomic mass is 10.0. The first-order chi connectivity index (χ1) is 17.8. The van der Waals surface area contributed by atoms with Gasteiger partial charge in [-0.1, -0.05) is 23.7 Å². The highest BCUT2D eigenvalue weighted by Crippen LogP contribution is 2.24. The maximum absolute atomic E-state index is 13.4.